The normalized spacial score (nSPS) is 20.9. The zero-order chi connectivity index (χ0) is 31.1. The molecule has 2 aromatic carbocycles. The summed E-state index contributed by atoms with van der Waals surface area (Å²) in [6, 6.07) is 3.04. The molecule has 1 heterocycles. The van der Waals surface area contributed by atoms with E-state index in [2.05, 4.69) is 0 Å². The van der Waals surface area contributed by atoms with Crippen molar-refractivity contribution in [2.45, 2.75) is 56.9 Å². The van der Waals surface area contributed by atoms with Crippen molar-refractivity contribution in [1.82, 2.24) is 0 Å². The summed E-state index contributed by atoms with van der Waals surface area (Å²) >= 11 is 0. The van der Waals surface area contributed by atoms with Crippen LogP contribution in [0, 0.1) is 5.92 Å². The Balaban J connectivity index is 2.45. The van der Waals surface area contributed by atoms with Gasteiger partial charge in [0.2, 0.25) is 0 Å². The number of carbonyl (C=O) groups excluding carboxylic acids is 1. The second-order valence-electron chi connectivity index (χ2n) is 9.26. The molecule has 0 N–H and O–H groups in total. The Labute approximate surface area is 229 Å². The van der Waals surface area contributed by atoms with Gasteiger partial charge in [-0.1, -0.05) is 25.1 Å². The van der Waals surface area contributed by atoms with Crippen molar-refractivity contribution >= 4 is 21.9 Å². The smallest absolute Gasteiger partial charge is 0.416 e. The van der Waals surface area contributed by atoms with Crippen molar-refractivity contribution in [3.8, 4) is 0 Å². The molecule has 0 spiro atoms. The standard InChI is InChI=1S/C25H24F9NO5S/c1-4-17-20(25(32,33)34)19(16-8-6-7-9-18(16)35(17)22(36)39-5-2)21(40-41(3,37)38)13-10-14(23(26,27)28)12-15(11-13)24(29,30)31/h6-12,17,19-21H,4-5H2,1-3H3/t17-,19?,20+,21+/m1/s1. The number of nitrogens with zero attached hydrogens (tertiary/aromatic N) is 1. The van der Waals surface area contributed by atoms with E-state index in [1.807, 2.05) is 0 Å². The van der Waals surface area contributed by atoms with E-state index in [9.17, 15) is 52.7 Å². The summed E-state index contributed by atoms with van der Waals surface area (Å²) in [6.45, 7) is 2.46. The maximum absolute atomic E-state index is 14.8. The van der Waals surface area contributed by atoms with Gasteiger partial charge in [-0.3, -0.25) is 9.08 Å². The third-order valence-electron chi connectivity index (χ3n) is 6.49. The third kappa shape index (κ3) is 7.08. The number of amides is 1. The van der Waals surface area contributed by atoms with Crippen molar-refractivity contribution in [3.05, 3.63) is 64.7 Å². The van der Waals surface area contributed by atoms with Crippen LogP contribution in [0.15, 0.2) is 42.5 Å². The van der Waals surface area contributed by atoms with Crippen LogP contribution in [0.25, 0.3) is 0 Å². The minimum absolute atomic E-state index is 0.125. The van der Waals surface area contributed by atoms with Crippen LogP contribution in [0.2, 0.25) is 0 Å². The summed E-state index contributed by atoms with van der Waals surface area (Å²) in [7, 11) is -4.79. The maximum Gasteiger partial charge on any atom is 0.416 e. The van der Waals surface area contributed by atoms with Crippen LogP contribution in [0.4, 0.5) is 50.0 Å². The molecule has 6 nitrogen and oxygen atoms in total. The highest BCUT2D eigenvalue weighted by atomic mass is 32.2. The van der Waals surface area contributed by atoms with Crippen molar-refractivity contribution < 1.29 is 61.6 Å². The minimum Gasteiger partial charge on any atom is -0.449 e. The number of rotatable bonds is 6. The lowest BCUT2D eigenvalue weighted by Gasteiger charge is -2.48. The number of hydrogen-bond acceptors (Lipinski definition) is 5. The quantitative estimate of drug-likeness (QED) is 0.247. The predicted octanol–water partition coefficient (Wildman–Crippen LogP) is 7.46. The molecule has 16 heteroatoms. The molecule has 228 valence electrons. The molecule has 2 aromatic rings. The van der Waals surface area contributed by atoms with Gasteiger partial charge in [0.1, 0.15) is 6.10 Å². The van der Waals surface area contributed by atoms with E-state index in [0.717, 1.165) is 6.07 Å². The lowest BCUT2D eigenvalue weighted by Crippen LogP contribution is -2.55. The van der Waals surface area contributed by atoms with E-state index in [-0.39, 0.29) is 30.5 Å². The SMILES string of the molecule is CCOC(=O)N1c2ccccc2C([C@@H](OS(C)(=O)=O)c2cc(C(F)(F)F)cc(C(F)(F)F)c2)[C@@H](C(F)(F)F)[C@H]1CC. The van der Waals surface area contributed by atoms with Crippen LogP contribution in [-0.4, -0.2) is 39.6 Å². The van der Waals surface area contributed by atoms with Crippen molar-refractivity contribution in [1.29, 1.82) is 0 Å². The van der Waals surface area contributed by atoms with Gasteiger partial charge in [-0.25, -0.2) is 4.79 Å². The second kappa shape index (κ2) is 11.3. The van der Waals surface area contributed by atoms with Gasteiger partial charge in [-0.15, -0.1) is 0 Å². The molecule has 0 saturated heterocycles. The fraction of sp³-hybridized carbons (Fsp3) is 0.480. The van der Waals surface area contributed by atoms with Gasteiger partial charge in [-0.2, -0.15) is 47.9 Å². The highest BCUT2D eigenvalue weighted by Crippen LogP contribution is 2.56. The average molecular weight is 622 g/mol. The van der Waals surface area contributed by atoms with Crippen LogP contribution in [-0.2, 0) is 31.4 Å². The van der Waals surface area contributed by atoms with E-state index in [4.69, 9.17) is 8.92 Å². The summed E-state index contributed by atoms with van der Waals surface area (Å²) in [5.74, 6) is -4.91. The lowest BCUT2D eigenvalue weighted by atomic mass is 9.70. The van der Waals surface area contributed by atoms with Gasteiger partial charge in [-0.05, 0) is 48.7 Å². The first-order chi connectivity index (χ1) is 18.7. The van der Waals surface area contributed by atoms with E-state index >= 15 is 0 Å². The van der Waals surface area contributed by atoms with Crippen LogP contribution in [0.3, 0.4) is 0 Å². The van der Waals surface area contributed by atoms with E-state index < -0.39 is 87.4 Å². The molecule has 4 atom stereocenters. The van der Waals surface area contributed by atoms with Crippen LogP contribution in [0.1, 0.15) is 54.5 Å². The number of ether oxygens (including phenoxy) is 1. The van der Waals surface area contributed by atoms with Crippen LogP contribution < -0.4 is 4.90 Å². The zero-order valence-corrected chi connectivity index (χ0v) is 22.4. The summed E-state index contributed by atoms with van der Waals surface area (Å²) in [6.07, 6.45) is -19.7. The third-order valence-corrected chi connectivity index (χ3v) is 7.05. The second-order valence-corrected chi connectivity index (χ2v) is 10.9. The first-order valence-electron chi connectivity index (χ1n) is 12.0. The molecule has 3 rings (SSSR count). The molecule has 1 amide bonds. The largest absolute Gasteiger partial charge is 0.449 e. The summed E-state index contributed by atoms with van der Waals surface area (Å²) in [4.78, 5) is 13.6. The molecule has 41 heavy (non-hydrogen) atoms. The molecule has 0 saturated carbocycles. The average Bonchev–Trinajstić information content (AvgIpc) is 2.83. The number of alkyl halides is 9. The maximum atomic E-state index is 14.8. The summed E-state index contributed by atoms with van der Waals surface area (Å²) in [5, 5.41) is 0. The summed E-state index contributed by atoms with van der Waals surface area (Å²) < 4.78 is 161. The number of fused-ring (bicyclic) bond motifs is 1. The van der Waals surface area contributed by atoms with Crippen LogP contribution >= 0.6 is 0 Å². The number of hydrogen-bond donors (Lipinski definition) is 0. The first kappa shape index (κ1) is 32.5. The molecule has 0 radical (unpaired) electrons. The van der Waals surface area contributed by atoms with Crippen molar-refractivity contribution in [2.24, 2.45) is 5.92 Å². The number of para-hydroxylation sites is 1. The molecule has 0 aromatic heterocycles. The molecule has 0 fully saturated rings. The Morgan fingerprint density at radius 2 is 1.46 bits per heavy atom. The van der Waals surface area contributed by atoms with Gasteiger partial charge in [0, 0.05) is 5.92 Å². The van der Waals surface area contributed by atoms with E-state index in [0.29, 0.717) is 11.2 Å². The minimum atomic E-state index is -5.38. The van der Waals surface area contributed by atoms with Crippen molar-refractivity contribution in [2.75, 3.05) is 17.8 Å². The van der Waals surface area contributed by atoms with E-state index in [1.54, 1.807) is 0 Å². The highest BCUT2D eigenvalue weighted by Gasteiger charge is 2.58. The number of carbonyl (C=O) groups is 1. The Bertz CT molecular complexity index is 1340. The fourth-order valence-corrected chi connectivity index (χ4v) is 5.66. The first-order valence-corrected chi connectivity index (χ1v) is 13.8. The van der Waals surface area contributed by atoms with Gasteiger partial charge >= 0.3 is 24.6 Å². The molecule has 0 bridgehead atoms. The number of halogens is 9. The molecule has 0 aliphatic carbocycles. The molecule has 1 unspecified atom stereocenters. The fourth-order valence-electron chi connectivity index (χ4n) is 5.05. The lowest BCUT2D eigenvalue weighted by molar-refractivity contribution is -0.195. The number of benzene rings is 2. The Hall–Kier alpha value is -3.01. The van der Waals surface area contributed by atoms with Gasteiger partial charge in [0.25, 0.3) is 10.1 Å². The van der Waals surface area contributed by atoms with Gasteiger partial charge in [0.05, 0.1) is 41.6 Å². The van der Waals surface area contributed by atoms with Crippen LogP contribution in [0.5, 0.6) is 0 Å². The van der Waals surface area contributed by atoms with E-state index in [1.165, 1.54) is 32.0 Å². The van der Waals surface area contributed by atoms with Gasteiger partial charge < -0.3 is 4.74 Å². The Kier molecular flexibility index (Phi) is 8.99. The Morgan fingerprint density at radius 1 is 0.927 bits per heavy atom. The zero-order valence-electron chi connectivity index (χ0n) is 21.6. The van der Waals surface area contributed by atoms with Gasteiger partial charge in [0.15, 0.2) is 0 Å². The Morgan fingerprint density at radius 3 is 1.90 bits per heavy atom. The summed E-state index contributed by atoms with van der Waals surface area (Å²) in [5.41, 5.74) is -5.46. The topological polar surface area (TPSA) is 72.9 Å². The molecular weight excluding hydrogens is 597 g/mol. The molecule has 1 aliphatic rings. The molecular formula is C25H24F9NO5S. The number of anilines is 1. The predicted molar refractivity (Wildman–Crippen MR) is 127 cm³/mol. The molecule has 1 aliphatic heterocycles. The highest BCUT2D eigenvalue weighted by molar-refractivity contribution is 7.86. The monoisotopic (exact) mass is 621 g/mol. The van der Waals surface area contributed by atoms with Crippen molar-refractivity contribution in [3.63, 3.8) is 0 Å².